The summed E-state index contributed by atoms with van der Waals surface area (Å²) in [7, 11) is 0. The quantitative estimate of drug-likeness (QED) is 0.755. The van der Waals surface area contributed by atoms with Crippen molar-refractivity contribution in [2.45, 2.75) is 13.3 Å². The second kappa shape index (κ2) is 4.81. The van der Waals surface area contributed by atoms with Gasteiger partial charge in [-0.05, 0) is 5.56 Å². The third-order valence-electron chi connectivity index (χ3n) is 2.25. The van der Waals surface area contributed by atoms with Gasteiger partial charge in [0.05, 0.1) is 5.56 Å². The summed E-state index contributed by atoms with van der Waals surface area (Å²) in [5.74, 6) is 0.662. The van der Waals surface area contributed by atoms with Gasteiger partial charge in [0.25, 0.3) is 0 Å². The van der Waals surface area contributed by atoms with Crippen LogP contribution in [0.2, 0.25) is 10.3 Å². The first-order valence-electron chi connectivity index (χ1n) is 4.99. The molecule has 2 nitrogen and oxygen atoms in total. The molecule has 82 valence electrons. The Hall–Kier alpha value is -1.12. The maximum Gasteiger partial charge on any atom is 0.142 e. The molecular weight excluding hydrogens is 243 g/mol. The highest BCUT2D eigenvalue weighted by Gasteiger charge is 2.12. The average Bonchev–Trinajstić information content (AvgIpc) is 2.29. The SMILES string of the molecule is CCc1nc(Cl)c(-c2ccccc2)c(Cl)n1. The highest BCUT2D eigenvalue weighted by molar-refractivity contribution is 6.37. The van der Waals surface area contributed by atoms with Gasteiger partial charge in [0.1, 0.15) is 16.1 Å². The van der Waals surface area contributed by atoms with E-state index in [4.69, 9.17) is 23.2 Å². The predicted molar refractivity (Wildman–Crippen MR) is 66.9 cm³/mol. The molecular formula is C12H10Cl2N2. The number of aromatic nitrogens is 2. The minimum absolute atomic E-state index is 0.406. The average molecular weight is 253 g/mol. The summed E-state index contributed by atoms with van der Waals surface area (Å²) in [6.07, 6.45) is 0.717. The summed E-state index contributed by atoms with van der Waals surface area (Å²) >= 11 is 12.2. The molecule has 0 radical (unpaired) electrons. The summed E-state index contributed by atoms with van der Waals surface area (Å²) in [5, 5.41) is 0.811. The molecule has 0 aliphatic carbocycles. The van der Waals surface area contributed by atoms with Crippen LogP contribution in [0.3, 0.4) is 0 Å². The van der Waals surface area contributed by atoms with E-state index >= 15 is 0 Å². The fourth-order valence-electron chi connectivity index (χ4n) is 1.45. The van der Waals surface area contributed by atoms with Crippen molar-refractivity contribution in [2.24, 2.45) is 0 Å². The van der Waals surface area contributed by atoms with Crippen LogP contribution >= 0.6 is 23.2 Å². The number of hydrogen-bond acceptors (Lipinski definition) is 2. The molecule has 4 heteroatoms. The van der Waals surface area contributed by atoms with Crippen LogP contribution in [-0.4, -0.2) is 9.97 Å². The van der Waals surface area contributed by atoms with Gasteiger partial charge < -0.3 is 0 Å². The zero-order valence-corrected chi connectivity index (χ0v) is 10.3. The zero-order valence-electron chi connectivity index (χ0n) is 8.74. The van der Waals surface area contributed by atoms with Gasteiger partial charge in [0, 0.05) is 6.42 Å². The maximum absolute atomic E-state index is 6.11. The third kappa shape index (κ3) is 2.18. The molecule has 0 spiro atoms. The maximum atomic E-state index is 6.11. The lowest BCUT2D eigenvalue weighted by Crippen LogP contribution is -1.96. The highest BCUT2D eigenvalue weighted by atomic mass is 35.5. The molecule has 16 heavy (non-hydrogen) atoms. The van der Waals surface area contributed by atoms with Crippen LogP contribution in [0.4, 0.5) is 0 Å². The van der Waals surface area contributed by atoms with Gasteiger partial charge >= 0.3 is 0 Å². The molecule has 0 unspecified atom stereocenters. The summed E-state index contributed by atoms with van der Waals surface area (Å²) in [6.45, 7) is 1.96. The summed E-state index contributed by atoms with van der Waals surface area (Å²) < 4.78 is 0. The largest absolute Gasteiger partial charge is 0.220 e. The smallest absolute Gasteiger partial charge is 0.142 e. The molecule has 0 bridgehead atoms. The molecule has 0 aliphatic heterocycles. The number of benzene rings is 1. The molecule has 0 N–H and O–H groups in total. The van der Waals surface area contributed by atoms with Crippen molar-refractivity contribution in [3.05, 3.63) is 46.5 Å². The third-order valence-corrected chi connectivity index (χ3v) is 2.79. The van der Waals surface area contributed by atoms with Crippen LogP contribution in [0.5, 0.6) is 0 Å². The fraction of sp³-hybridized carbons (Fsp3) is 0.167. The van der Waals surface area contributed by atoms with Crippen molar-refractivity contribution >= 4 is 23.2 Å². The lowest BCUT2D eigenvalue weighted by molar-refractivity contribution is 0.942. The molecule has 1 aromatic carbocycles. The Morgan fingerprint density at radius 1 is 1.00 bits per heavy atom. The Morgan fingerprint density at radius 3 is 2.06 bits per heavy atom. The second-order valence-corrected chi connectivity index (χ2v) is 4.03. The standard InChI is InChI=1S/C12H10Cl2N2/c1-2-9-15-11(13)10(12(14)16-9)8-6-4-3-5-7-8/h3-7H,2H2,1H3. The Labute approximate surface area is 104 Å². The Balaban J connectivity index is 2.58. The van der Waals surface area contributed by atoms with Crippen molar-refractivity contribution in [1.29, 1.82) is 0 Å². The van der Waals surface area contributed by atoms with E-state index in [1.165, 1.54) is 0 Å². The Kier molecular flexibility index (Phi) is 3.42. The molecule has 0 fully saturated rings. The molecule has 0 atom stereocenters. The number of nitrogens with zero attached hydrogens (tertiary/aromatic N) is 2. The van der Waals surface area contributed by atoms with Crippen molar-refractivity contribution in [3.8, 4) is 11.1 Å². The van der Waals surface area contributed by atoms with Crippen LogP contribution in [0, 0.1) is 0 Å². The molecule has 0 saturated carbocycles. The van der Waals surface area contributed by atoms with Crippen LogP contribution < -0.4 is 0 Å². The first-order chi connectivity index (χ1) is 7.72. The second-order valence-electron chi connectivity index (χ2n) is 3.32. The van der Waals surface area contributed by atoms with Gasteiger partial charge in [-0.2, -0.15) is 0 Å². The van der Waals surface area contributed by atoms with Gasteiger partial charge in [-0.25, -0.2) is 9.97 Å². The van der Waals surface area contributed by atoms with Gasteiger partial charge in [-0.15, -0.1) is 0 Å². The topological polar surface area (TPSA) is 25.8 Å². The number of hydrogen-bond donors (Lipinski definition) is 0. The molecule has 0 aliphatic rings. The van der Waals surface area contributed by atoms with E-state index in [2.05, 4.69) is 9.97 Å². The Bertz CT molecular complexity index is 475. The summed E-state index contributed by atoms with van der Waals surface area (Å²) in [4.78, 5) is 8.40. The van der Waals surface area contributed by atoms with E-state index in [1.54, 1.807) is 0 Å². The summed E-state index contributed by atoms with van der Waals surface area (Å²) in [5.41, 5.74) is 1.63. The normalized spacial score (nSPS) is 10.4. The lowest BCUT2D eigenvalue weighted by atomic mass is 10.1. The molecule has 0 amide bonds. The Morgan fingerprint density at radius 2 is 1.56 bits per heavy atom. The van der Waals surface area contributed by atoms with Gasteiger partial charge in [-0.3, -0.25) is 0 Å². The molecule has 0 saturated heterocycles. The summed E-state index contributed by atoms with van der Waals surface area (Å²) in [6, 6.07) is 9.65. The van der Waals surface area contributed by atoms with Gasteiger partial charge in [0.15, 0.2) is 0 Å². The van der Waals surface area contributed by atoms with Crippen LogP contribution in [0.1, 0.15) is 12.7 Å². The first-order valence-corrected chi connectivity index (χ1v) is 5.75. The van der Waals surface area contributed by atoms with Crippen LogP contribution in [0.15, 0.2) is 30.3 Å². The number of rotatable bonds is 2. The number of aryl methyl sites for hydroxylation is 1. The van der Waals surface area contributed by atoms with Gasteiger partial charge in [0.2, 0.25) is 0 Å². The number of halogens is 2. The zero-order chi connectivity index (χ0) is 11.5. The van der Waals surface area contributed by atoms with Crippen LogP contribution in [0.25, 0.3) is 11.1 Å². The van der Waals surface area contributed by atoms with Crippen molar-refractivity contribution in [2.75, 3.05) is 0 Å². The predicted octanol–water partition coefficient (Wildman–Crippen LogP) is 4.01. The molecule has 2 rings (SSSR count). The van der Waals surface area contributed by atoms with E-state index in [0.29, 0.717) is 28.1 Å². The van der Waals surface area contributed by atoms with Crippen LogP contribution in [-0.2, 0) is 6.42 Å². The van der Waals surface area contributed by atoms with E-state index in [0.717, 1.165) is 5.56 Å². The molecule has 1 heterocycles. The van der Waals surface area contributed by atoms with E-state index in [1.807, 2.05) is 37.3 Å². The molecule has 1 aromatic heterocycles. The first kappa shape index (κ1) is 11.4. The van der Waals surface area contributed by atoms with Crippen molar-refractivity contribution in [3.63, 3.8) is 0 Å². The van der Waals surface area contributed by atoms with E-state index in [-0.39, 0.29) is 0 Å². The monoisotopic (exact) mass is 252 g/mol. The van der Waals surface area contributed by atoms with Gasteiger partial charge in [-0.1, -0.05) is 60.5 Å². The van der Waals surface area contributed by atoms with Crippen molar-refractivity contribution < 1.29 is 0 Å². The molecule has 2 aromatic rings. The minimum atomic E-state index is 0.406. The van der Waals surface area contributed by atoms with Crippen molar-refractivity contribution in [1.82, 2.24) is 9.97 Å². The van der Waals surface area contributed by atoms with E-state index < -0.39 is 0 Å². The van der Waals surface area contributed by atoms with E-state index in [9.17, 15) is 0 Å². The fourth-order valence-corrected chi connectivity index (χ4v) is 2.09. The highest BCUT2D eigenvalue weighted by Crippen LogP contribution is 2.31. The lowest BCUT2D eigenvalue weighted by Gasteiger charge is -2.07. The minimum Gasteiger partial charge on any atom is -0.220 e.